The lowest BCUT2D eigenvalue weighted by Gasteiger charge is -2.18. The van der Waals surface area contributed by atoms with Gasteiger partial charge in [0, 0.05) is 17.2 Å². The van der Waals surface area contributed by atoms with E-state index in [0.717, 1.165) is 12.1 Å². The van der Waals surface area contributed by atoms with Crippen molar-refractivity contribution in [3.63, 3.8) is 0 Å². The van der Waals surface area contributed by atoms with Gasteiger partial charge in [0.2, 0.25) is 0 Å². The number of esters is 1. The molecule has 0 aliphatic heterocycles. The summed E-state index contributed by atoms with van der Waals surface area (Å²) in [6.45, 7) is -0.700. The minimum Gasteiger partial charge on any atom is -0.454 e. The number of carbonyl (C=O) groups is 3. The largest absolute Gasteiger partial charge is 0.454 e. The molecule has 1 atom stereocenters. The van der Waals surface area contributed by atoms with Crippen LogP contribution in [-0.4, -0.2) is 47.4 Å². The number of hydrogen-bond donors (Lipinski definition) is 2. The van der Waals surface area contributed by atoms with E-state index in [1.54, 1.807) is 6.07 Å². The predicted molar refractivity (Wildman–Crippen MR) is 128 cm³/mol. The van der Waals surface area contributed by atoms with E-state index in [4.69, 9.17) is 33.2 Å². The van der Waals surface area contributed by atoms with Gasteiger partial charge in [-0.25, -0.2) is 4.79 Å². The molecule has 10 nitrogen and oxygen atoms in total. The monoisotopic (exact) mass is 524 g/mol. The summed E-state index contributed by atoms with van der Waals surface area (Å²) < 4.78 is 5.04. The molecule has 0 aromatic heterocycles. The van der Waals surface area contributed by atoms with Crippen LogP contribution >= 0.6 is 35.0 Å². The summed E-state index contributed by atoms with van der Waals surface area (Å²) in [6, 6.07) is 8.34. The zero-order valence-corrected chi connectivity index (χ0v) is 20.0. The van der Waals surface area contributed by atoms with Crippen molar-refractivity contribution in [2.24, 2.45) is 0 Å². The molecule has 178 valence electrons. The van der Waals surface area contributed by atoms with Gasteiger partial charge in [0.25, 0.3) is 17.5 Å². The molecule has 0 spiro atoms. The lowest BCUT2D eigenvalue weighted by molar-refractivity contribution is -0.384. The Bertz CT molecular complexity index is 1150. The Balaban J connectivity index is 2.02. The summed E-state index contributed by atoms with van der Waals surface area (Å²) in [7, 11) is 0. The van der Waals surface area contributed by atoms with E-state index in [9.17, 15) is 24.5 Å². The van der Waals surface area contributed by atoms with Gasteiger partial charge in [-0.1, -0.05) is 23.2 Å². The Morgan fingerprint density at radius 1 is 1.24 bits per heavy atom. The molecule has 0 unspecified atom stereocenters. The minimum absolute atomic E-state index is 0.0266. The van der Waals surface area contributed by atoms with E-state index in [1.807, 2.05) is 6.26 Å². The first-order valence-electron chi connectivity index (χ1n) is 9.56. The summed E-state index contributed by atoms with van der Waals surface area (Å²) in [5.41, 5.74) is -0.292. The maximum Gasteiger partial charge on any atom is 0.329 e. The standard InChI is InChI=1S/C21H18Cl2N4O6S/c1-34-7-6-18(26-20(29)15-4-2-13(22)9-16(15)23)21(30)33-11-19(28)25-17-5-3-14(27(31)32)8-12(17)10-24/h2-5,8-9,18H,6-7,11H2,1H3,(H,25,28)(H,26,29)/t18-/m0/s1. The number of anilines is 1. The lowest BCUT2D eigenvalue weighted by atomic mass is 10.1. The number of ether oxygens (including phenoxy) is 1. The molecule has 2 aromatic rings. The third-order valence-electron chi connectivity index (χ3n) is 4.33. The number of benzene rings is 2. The van der Waals surface area contributed by atoms with Crippen molar-refractivity contribution in [3.8, 4) is 6.07 Å². The van der Waals surface area contributed by atoms with Gasteiger partial charge in [-0.3, -0.25) is 19.7 Å². The quantitative estimate of drug-likeness (QED) is 0.270. The van der Waals surface area contributed by atoms with E-state index in [0.29, 0.717) is 10.8 Å². The third-order valence-corrected chi connectivity index (χ3v) is 5.52. The van der Waals surface area contributed by atoms with E-state index in [2.05, 4.69) is 10.6 Å². The number of nitriles is 1. The van der Waals surface area contributed by atoms with Crippen LogP contribution < -0.4 is 10.6 Å². The highest BCUT2D eigenvalue weighted by molar-refractivity contribution is 7.98. The van der Waals surface area contributed by atoms with Crippen LogP contribution in [0.25, 0.3) is 0 Å². The molecule has 0 aliphatic carbocycles. The third kappa shape index (κ3) is 7.62. The number of nitro groups is 1. The molecule has 2 amide bonds. The Hall–Kier alpha value is -3.33. The summed E-state index contributed by atoms with van der Waals surface area (Å²) in [5, 5.41) is 25.3. The predicted octanol–water partition coefficient (Wildman–Crippen LogP) is 3.81. The fourth-order valence-electron chi connectivity index (χ4n) is 2.67. The van der Waals surface area contributed by atoms with E-state index in [-0.39, 0.29) is 33.9 Å². The Morgan fingerprint density at radius 3 is 2.59 bits per heavy atom. The van der Waals surface area contributed by atoms with Crippen LogP contribution in [0.3, 0.4) is 0 Å². The van der Waals surface area contributed by atoms with Gasteiger partial charge >= 0.3 is 5.97 Å². The van der Waals surface area contributed by atoms with Crippen LogP contribution in [0.1, 0.15) is 22.3 Å². The van der Waals surface area contributed by atoms with Crippen LogP contribution in [0.2, 0.25) is 10.0 Å². The first kappa shape index (κ1) is 26.9. The van der Waals surface area contributed by atoms with Gasteiger partial charge in [-0.2, -0.15) is 17.0 Å². The molecule has 2 aromatic carbocycles. The maximum atomic E-state index is 12.6. The zero-order valence-electron chi connectivity index (χ0n) is 17.7. The first-order valence-corrected chi connectivity index (χ1v) is 11.7. The van der Waals surface area contributed by atoms with Crippen molar-refractivity contribution in [1.29, 1.82) is 5.26 Å². The summed E-state index contributed by atoms with van der Waals surface area (Å²) in [6.07, 6.45) is 2.06. The summed E-state index contributed by atoms with van der Waals surface area (Å²) in [5.74, 6) is -1.70. The molecule has 34 heavy (non-hydrogen) atoms. The van der Waals surface area contributed by atoms with Crippen molar-refractivity contribution in [2.75, 3.05) is 23.9 Å². The van der Waals surface area contributed by atoms with Crippen molar-refractivity contribution in [1.82, 2.24) is 5.32 Å². The molecule has 0 radical (unpaired) electrons. The van der Waals surface area contributed by atoms with Gasteiger partial charge in [-0.05, 0) is 42.7 Å². The second kappa shape index (κ2) is 12.8. The van der Waals surface area contributed by atoms with Gasteiger partial charge in [-0.15, -0.1) is 0 Å². The molecular weight excluding hydrogens is 507 g/mol. The first-order chi connectivity index (χ1) is 16.2. The van der Waals surface area contributed by atoms with E-state index in [1.165, 1.54) is 36.0 Å². The molecule has 2 rings (SSSR count). The van der Waals surface area contributed by atoms with Crippen LogP contribution in [0.15, 0.2) is 36.4 Å². The number of carbonyl (C=O) groups excluding carboxylic acids is 3. The van der Waals surface area contributed by atoms with Gasteiger partial charge in [0.15, 0.2) is 6.61 Å². The Labute approximate surface area is 208 Å². The zero-order chi connectivity index (χ0) is 25.3. The summed E-state index contributed by atoms with van der Waals surface area (Å²) in [4.78, 5) is 47.5. The van der Waals surface area contributed by atoms with Crippen molar-refractivity contribution >= 4 is 64.1 Å². The normalized spacial score (nSPS) is 11.1. The van der Waals surface area contributed by atoms with Gasteiger partial charge in [0.1, 0.15) is 12.1 Å². The topological polar surface area (TPSA) is 151 Å². The molecule has 0 saturated heterocycles. The highest BCUT2D eigenvalue weighted by Crippen LogP contribution is 2.22. The van der Waals surface area contributed by atoms with E-state index < -0.39 is 35.4 Å². The Morgan fingerprint density at radius 2 is 1.97 bits per heavy atom. The molecular formula is C21H18Cl2N4O6S. The van der Waals surface area contributed by atoms with Crippen LogP contribution in [0.4, 0.5) is 11.4 Å². The smallest absolute Gasteiger partial charge is 0.329 e. The number of nitrogens with one attached hydrogen (secondary N) is 2. The Kier molecular flexibility index (Phi) is 10.1. The molecule has 13 heteroatoms. The number of hydrogen-bond acceptors (Lipinski definition) is 8. The van der Waals surface area contributed by atoms with Crippen LogP contribution in [0, 0.1) is 21.4 Å². The average molecular weight is 525 g/mol. The average Bonchev–Trinajstić information content (AvgIpc) is 2.80. The number of non-ortho nitro benzene ring substituents is 1. The van der Waals surface area contributed by atoms with Crippen molar-refractivity contribution in [3.05, 3.63) is 67.7 Å². The summed E-state index contributed by atoms with van der Waals surface area (Å²) >= 11 is 13.3. The SMILES string of the molecule is CSCC[C@H](NC(=O)c1ccc(Cl)cc1Cl)C(=O)OCC(=O)Nc1ccc([N+](=O)[O-])cc1C#N. The van der Waals surface area contributed by atoms with Crippen molar-refractivity contribution in [2.45, 2.75) is 12.5 Å². The highest BCUT2D eigenvalue weighted by atomic mass is 35.5. The molecule has 0 saturated carbocycles. The molecule has 2 N–H and O–H groups in total. The number of amides is 2. The lowest BCUT2D eigenvalue weighted by Crippen LogP contribution is -2.43. The number of nitro benzene ring substituents is 1. The fourth-order valence-corrected chi connectivity index (χ4v) is 3.63. The molecule has 0 aliphatic rings. The highest BCUT2D eigenvalue weighted by Gasteiger charge is 2.24. The number of halogens is 2. The molecule has 0 heterocycles. The molecule has 0 fully saturated rings. The van der Waals surface area contributed by atoms with Crippen LogP contribution in [-0.2, 0) is 14.3 Å². The second-order valence-electron chi connectivity index (χ2n) is 6.69. The van der Waals surface area contributed by atoms with Gasteiger partial charge < -0.3 is 15.4 Å². The van der Waals surface area contributed by atoms with Crippen LogP contribution in [0.5, 0.6) is 0 Å². The van der Waals surface area contributed by atoms with E-state index >= 15 is 0 Å². The van der Waals surface area contributed by atoms with Gasteiger partial charge in [0.05, 0.1) is 26.8 Å². The maximum absolute atomic E-state index is 12.6. The minimum atomic E-state index is -1.05. The number of nitrogens with zero attached hydrogens (tertiary/aromatic N) is 2. The second-order valence-corrected chi connectivity index (χ2v) is 8.52. The van der Waals surface area contributed by atoms with Crippen molar-refractivity contribution < 1.29 is 24.0 Å². The molecule has 0 bridgehead atoms. The number of thioether (sulfide) groups is 1. The fraction of sp³-hybridized carbons (Fsp3) is 0.238. The number of rotatable bonds is 10.